The molecule has 4 nitrogen and oxygen atoms in total. The van der Waals surface area contributed by atoms with Crippen LogP contribution in [-0.4, -0.2) is 42.2 Å². The van der Waals surface area contributed by atoms with E-state index >= 15 is 0 Å². The van der Waals surface area contributed by atoms with E-state index in [1.807, 2.05) is 6.92 Å². The molecule has 28 heavy (non-hydrogen) atoms. The van der Waals surface area contributed by atoms with Crippen LogP contribution in [0.25, 0.3) is 0 Å². The van der Waals surface area contributed by atoms with Crippen LogP contribution in [0.1, 0.15) is 65.2 Å². The highest BCUT2D eigenvalue weighted by Crippen LogP contribution is 2.47. The number of allylic oxidation sites excluding steroid dienone is 3. The maximum absolute atomic E-state index is 14.9. The van der Waals surface area contributed by atoms with Crippen LogP contribution in [0.3, 0.4) is 0 Å². The Morgan fingerprint density at radius 3 is 2.86 bits per heavy atom. The summed E-state index contributed by atoms with van der Waals surface area (Å²) in [5.74, 6) is -0.298. The van der Waals surface area contributed by atoms with Crippen LogP contribution in [0.5, 0.6) is 0 Å². The van der Waals surface area contributed by atoms with E-state index in [-0.39, 0.29) is 23.9 Å². The highest BCUT2D eigenvalue weighted by Gasteiger charge is 2.49. The molecule has 2 aliphatic rings. The van der Waals surface area contributed by atoms with Gasteiger partial charge in [-0.05, 0) is 51.0 Å². The smallest absolute Gasteiger partial charge is 0.305 e. The third kappa shape index (κ3) is 5.79. The Bertz CT molecular complexity index is 573. The monoisotopic (exact) mass is 400 g/mol. The average Bonchev–Trinajstić information content (AvgIpc) is 3.21. The number of hydrogen-bond donors (Lipinski definition) is 1. The Morgan fingerprint density at radius 1 is 1.43 bits per heavy atom. The van der Waals surface area contributed by atoms with Gasteiger partial charge in [-0.25, -0.2) is 8.78 Å². The first-order valence-corrected chi connectivity index (χ1v) is 10.4. The van der Waals surface area contributed by atoms with Crippen molar-refractivity contribution in [3.05, 3.63) is 24.0 Å². The number of methoxy groups -OCH3 is 1. The molecule has 160 valence electrons. The molecule has 1 aliphatic carbocycles. The van der Waals surface area contributed by atoms with Crippen molar-refractivity contribution in [2.75, 3.05) is 7.11 Å². The molecule has 0 aromatic rings. The third-order valence-electron chi connectivity index (χ3n) is 5.94. The number of carbonyl (C=O) groups is 1. The van der Waals surface area contributed by atoms with Crippen molar-refractivity contribution in [3.63, 3.8) is 0 Å². The van der Waals surface area contributed by atoms with Gasteiger partial charge in [0.15, 0.2) is 6.17 Å². The number of aliphatic hydroxyl groups excluding tert-OH is 1. The fraction of sp³-hybridized carbons (Fsp3) is 0.773. The number of alkyl halides is 2. The predicted octanol–water partition coefficient (Wildman–Crippen LogP) is 4.81. The lowest BCUT2D eigenvalue weighted by molar-refractivity contribution is -0.140. The number of unbranched alkanes of at least 4 members (excludes halogenated alkanes) is 2. The summed E-state index contributed by atoms with van der Waals surface area (Å²) in [5.41, 5.74) is -1.67. The normalized spacial score (nSPS) is 31.6. The molecule has 2 unspecified atom stereocenters. The maximum Gasteiger partial charge on any atom is 0.305 e. The summed E-state index contributed by atoms with van der Waals surface area (Å²) in [6, 6.07) is 0. The molecule has 1 N–H and O–H groups in total. The van der Waals surface area contributed by atoms with Crippen molar-refractivity contribution in [1.82, 2.24) is 0 Å². The van der Waals surface area contributed by atoms with Crippen LogP contribution in [0.15, 0.2) is 24.0 Å². The zero-order chi connectivity index (χ0) is 20.7. The molecule has 0 bridgehead atoms. The first-order chi connectivity index (χ1) is 13.3. The first-order valence-electron chi connectivity index (χ1n) is 10.4. The van der Waals surface area contributed by atoms with Crippen molar-refractivity contribution < 1.29 is 28.2 Å². The van der Waals surface area contributed by atoms with E-state index < -0.39 is 17.9 Å². The van der Waals surface area contributed by atoms with E-state index in [1.54, 1.807) is 12.2 Å². The van der Waals surface area contributed by atoms with E-state index in [0.29, 0.717) is 31.4 Å². The summed E-state index contributed by atoms with van der Waals surface area (Å²) in [7, 11) is 1.35. The zero-order valence-corrected chi connectivity index (χ0v) is 17.2. The number of halogens is 2. The van der Waals surface area contributed by atoms with E-state index in [4.69, 9.17) is 4.74 Å². The minimum absolute atomic E-state index is 0.0717. The van der Waals surface area contributed by atoms with Gasteiger partial charge in [-0.3, -0.25) is 4.79 Å². The molecule has 2 rings (SSSR count). The zero-order valence-electron chi connectivity index (χ0n) is 17.2. The van der Waals surface area contributed by atoms with E-state index in [1.165, 1.54) is 20.1 Å². The average molecular weight is 401 g/mol. The van der Waals surface area contributed by atoms with Gasteiger partial charge in [0.1, 0.15) is 23.6 Å². The van der Waals surface area contributed by atoms with Gasteiger partial charge >= 0.3 is 5.97 Å². The predicted molar refractivity (Wildman–Crippen MR) is 104 cm³/mol. The van der Waals surface area contributed by atoms with Gasteiger partial charge in [-0.15, -0.1) is 0 Å². The molecular weight excluding hydrogens is 366 g/mol. The van der Waals surface area contributed by atoms with Crippen LogP contribution in [0.2, 0.25) is 0 Å². The summed E-state index contributed by atoms with van der Waals surface area (Å²) >= 11 is 0. The van der Waals surface area contributed by atoms with Crippen LogP contribution < -0.4 is 0 Å². The lowest BCUT2D eigenvalue weighted by atomic mass is 9.88. The largest absolute Gasteiger partial charge is 0.492 e. The number of hydrogen-bond acceptors (Lipinski definition) is 4. The van der Waals surface area contributed by atoms with Gasteiger partial charge in [0.25, 0.3) is 0 Å². The highest BCUT2D eigenvalue weighted by molar-refractivity contribution is 5.69. The minimum Gasteiger partial charge on any atom is -0.492 e. The molecule has 6 atom stereocenters. The van der Waals surface area contributed by atoms with Crippen molar-refractivity contribution in [3.8, 4) is 0 Å². The molecule has 6 heteroatoms. The Labute approximate surface area is 167 Å². The van der Waals surface area contributed by atoms with E-state index in [9.17, 15) is 18.7 Å². The van der Waals surface area contributed by atoms with Crippen molar-refractivity contribution in [1.29, 1.82) is 0 Å². The number of esters is 1. The summed E-state index contributed by atoms with van der Waals surface area (Å²) in [4.78, 5) is 11.1. The highest BCUT2D eigenvalue weighted by atomic mass is 19.1. The Morgan fingerprint density at radius 2 is 2.18 bits per heavy atom. The van der Waals surface area contributed by atoms with E-state index in [0.717, 1.165) is 25.7 Å². The third-order valence-corrected chi connectivity index (χ3v) is 5.94. The molecule has 1 saturated carbocycles. The van der Waals surface area contributed by atoms with Crippen LogP contribution >= 0.6 is 0 Å². The lowest BCUT2D eigenvalue weighted by Crippen LogP contribution is -2.33. The second-order valence-electron chi connectivity index (χ2n) is 8.16. The van der Waals surface area contributed by atoms with Crippen molar-refractivity contribution >= 4 is 5.97 Å². The topological polar surface area (TPSA) is 55.8 Å². The second kappa shape index (κ2) is 10.4. The number of carbonyl (C=O) groups excluding carboxylic acids is 1. The molecule has 0 aromatic heterocycles. The van der Waals surface area contributed by atoms with Gasteiger partial charge in [-0.1, -0.05) is 31.9 Å². The van der Waals surface area contributed by atoms with Crippen molar-refractivity contribution in [2.45, 2.75) is 89.3 Å². The SMILES string of the molecule is CCCCC(C)(F)[C@H](O)C=C[C@H]1CC[C@@H]2OC(=CCCCC(=O)OC)C(F)[C@@H]21. The summed E-state index contributed by atoms with van der Waals surface area (Å²) in [6.07, 6.45) is 7.29. The van der Waals surface area contributed by atoms with Crippen LogP contribution in [-0.2, 0) is 14.3 Å². The molecular formula is C22H34F2O4. The standard InChI is InChI=1S/C22H34F2O4/c1-4-5-14-22(2,24)18(25)13-11-15-10-12-16-20(15)21(23)17(28-16)8-6-7-9-19(26)27-3/h8,11,13,15-16,18,20-21,25H,4-7,9-10,12,14H2,1-3H3/t15-,16+,18-,20-,21?,22?/m1/s1. The fourth-order valence-corrected chi connectivity index (χ4v) is 4.09. The molecule has 1 aliphatic heterocycles. The molecule has 0 aromatic carbocycles. The quantitative estimate of drug-likeness (QED) is 0.325. The van der Waals surface area contributed by atoms with Gasteiger partial charge in [0.2, 0.25) is 0 Å². The summed E-state index contributed by atoms with van der Waals surface area (Å²) < 4.78 is 39.9. The van der Waals surface area contributed by atoms with Gasteiger partial charge in [-0.2, -0.15) is 0 Å². The summed E-state index contributed by atoms with van der Waals surface area (Å²) in [5, 5.41) is 10.2. The van der Waals surface area contributed by atoms with Gasteiger partial charge in [0.05, 0.1) is 7.11 Å². The second-order valence-corrected chi connectivity index (χ2v) is 8.16. The molecule has 0 amide bonds. The number of aliphatic hydroxyl groups is 1. The number of ether oxygens (including phenoxy) is 2. The molecule has 1 saturated heterocycles. The Balaban J connectivity index is 1.91. The van der Waals surface area contributed by atoms with Crippen LogP contribution in [0, 0.1) is 11.8 Å². The first kappa shape index (κ1) is 22.9. The minimum atomic E-state index is -1.67. The summed E-state index contributed by atoms with van der Waals surface area (Å²) in [6.45, 7) is 3.40. The molecule has 0 radical (unpaired) electrons. The Hall–Kier alpha value is -1.43. The maximum atomic E-state index is 14.9. The van der Waals surface area contributed by atoms with Crippen LogP contribution in [0.4, 0.5) is 8.78 Å². The van der Waals surface area contributed by atoms with Crippen molar-refractivity contribution in [2.24, 2.45) is 11.8 Å². The number of rotatable bonds is 10. The lowest BCUT2D eigenvalue weighted by Gasteiger charge is -2.24. The fourth-order valence-electron chi connectivity index (χ4n) is 4.09. The molecule has 0 spiro atoms. The molecule has 2 fully saturated rings. The molecule has 1 heterocycles. The number of fused-ring (bicyclic) bond motifs is 1. The van der Waals surface area contributed by atoms with Gasteiger partial charge in [0, 0.05) is 12.3 Å². The Kier molecular flexibility index (Phi) is 8.47. The van der Waals surface area contributed by atoms with E-state index in [2.05, 4.69) is 4.74 Å². The van der Waals surface area contributed by atoms with Gasteiger partial charge < -0.3 is 14.6 Å².